The number of primary amides is 1. The van der Waals surface area contributed by atoms with Crippen molar-refractivity contribution in [2.24, 2.45) is 5.73 Å². The third-order valence-electron chi connectivity index (χ3n) is 3.92. The SMILES string of the molecule is NC(=O)c1cc(Oc2ccc(NC(=O)Nc3ccc(Cl)c(C(F)(F)P)c3)cc2)ccn1. The maximum absolute atomic E-state index is 13.5. The summed E-state index contributed by atoms with van der Waals surface area (Å²) in [5.74, 6) is 0.134. The Morgan fingerprint density at radius 3 is 2.29 bits per heavy atom. The van der Waals surface area contributed by atoms with Crippen LogP contribution in [0.5, 0.6) is 11.5 Å². The first-order valence-electron chi connectivity index (χ1n) is 8.70. The minimum atomic E-state index is -3.23. The van der Waals surface area contributed by atoms with Gasteiger partial charge in [-0.05, 0) is 48.5 Å². The van der Waals surface area contributed by atoms with Gasteiger partial charge in [-0.2, -0.15) is 8.78 Å². The molecule has 3 amide bonds. The summed E-state index contributed by atoms with van der Waals surface area (Å²) in [4.78, 5) is 27.2. The first-order chi connectivity index (χ1) is 14.6. The van der Waals surface area contributed by atoms with Crippen LogP contribution in [0.3, 0.4) is 0 Å². The van der Waals surface area contributed by atoms with Gasteiger partial charge in [-0.1, -0.05) is 20.8 Å². The molecular formula is C20H16ClF2N4O3P. The largest absolute Gasteiger partial charge is 0.457 e. The van der Waals surface area contributed by atoms with Gasteiger partial charge in [0, 0.05) is 29.2 Å². The number of nitrogens with one attached hydrogen (secondary N) is 2. The average molecular weight is 465 g/mol. The number of hydrogen-bond acceptors (Lipinski definition) is 4. The highest BCUT2D eigenvalue weighted by Crippen LogP contribution is 2.40. The number of urea groups is 1. The molecule has 0 aliphatic rings. The number of rotatable bonds is 6. The molecule has 11 heteroatoms. The Labute approximate surface area is 183 Å². The van der Waals surface area contributed by atoms with Crippen molar-refractivity contribution in [1.29, 1.82) is 0 Å². The van der Waals surface area contributed by atoms with Crippen LogP contribution in [0.15, 0.2) is 60.8 Å². The predicted octanol–water partition coefficient (Wildman–Crippen LogP) is 5.19. The van der Waals surface area contributed by atoms with Gasteiger partial charge in [-0.3, -0.25) is 9.78 Å². The van der Waals surface area contributed by atoms with E-state index in [1.165, 1.54) is 33.6 Å². The first kappa shape index (κ1) is 22.4. The highest BCUT2D eigenvalue weighted by atomic mass is 35.5. The lowest BCUT2D eigenvalue weighted by Crippen LogP contribution is -2.19. The van der Waals surface area contributed by atoms with Crippen molar-refractivity contribution in [3.8, 4) is 11.5 Å². The lowest BCUT2D eigenvalue weighted by Gasteiger charge is -2.15. The summed E-state index contributed by atoms with van der Waals surface area (Å²) in [5.41, 5.74) is 2.19. The van der Waals surface area contributed by atoms with Gasteiger partial charge in [0.05, 0.1) is 5.02 Å². The van der Waals surface area contributed by atoms with Crippen LogP contribution < -0.4 is 21.1 Å². The van der Waals surface area contributed by atoms with E-state index in [-0.39, 0.29) is 16.4 Å². The molecule has 0 bridgehead atoms. The van der Waals surface area contributed by atoms with E-state index in [2.05, 4.69) is 15.6 Å². The topological polar surface area (TPSA) is 106 Å². The Bertz CT molecular complexity index is 1120. The Morgan fingerprint density at radius 1 is 1.00 bits per heavy atom. The van der Waals surface area contributed by atoms with E-state index in [1.807, 2.05) is 0 Å². The normalized spacial score (nSPS) is 11.0. The molecule has 1 unspecified atom stereocenters. The van der Waals surface area contributed by atoms with Crippen molar-refractivity contribution in [2.75, 3.05) is 10.6 Å². The van der Waals surface area contributed by atoms with Crippen LogP contribution in [0.4, 0.5) is 25.0 Å². The summed E-state index contributed by atoms with van der Waals surface area (Å²) >= 11 is 5.78. The van der Waals surface area contributed by atoms with Crippen molar-refractivity contribution in [3.63, 3.8) is 0 Å². The third kappa shape index (κ3) is 6.10. The fourth-order valence-electron chi connectivity index (χ4n) is 2.50. The molecule has 0 spiro atoms. The molecule has 1 heterocycles. The molecule has 0 radical (unpaired) electrons. The van der Waals surface area contributed by atoms with Crippen LogP contribution in [0.25, 0.3) is 0 Å². The van der Waals surface area contributed by atoms with Crippen molar-refractivity contribution in [1.82, 2.24) is 4.98 Å². The van der Waals surface area contributed by atoms with E-state index in [0.29, 0.717) is 17.2 Å². The average Bonchev–Trinajstić information content (AvgIpc) is 2.70. The Hall–Kier alpha value is -3.29. The Morgan fingerprint density at radius 2 is 1.65 bits per heavy atom. The van der Waals surface area contributed by atoms with Gasteiger partial charge in [0.15, 0.2) is 0 Å². The monoisotopic (exact) mass is 464 g/mol. The fourth-order valence-corrected chi connectivity index (χ4v) is 3.08. The Balaban J connectivity index is 1.63. The molecule has 0 aliphatic carbocycles. The van der Waals surface area contributed by atoms with Crippen LogP contribution >= 0.6 is 20.8 Å². The van der Waals surface area contributed by atoms with Gasteiger partial charge in [0.1, 0.15) is 17.2 Å². The van der Waals surface area contributed by atoms with Crippen molar-refractivity contribution in [3.05, 3.63) is 77.1 Å². The van der Waals surface area contributed by atoms with Crippen LogP contribution in [-0.4, -0.2) is 16.9 Å². The number of amides is 3. The number of ether oxygens (including phenoxy) is 1. The lowest BCUT2D eigenvalue weighted by atomic mass is 10.2. The molecular weight excluding hydrogens is 449 g/mol. The smallest absolute Gasteiger partial charge is 0.323 e. The van der Waals surface area contributed by atoms with Gasteiger partial charge >= 0.3 is 6.03 Å². The maximum atomic E-state index is 13.5. The highest BCUT2D eigenvalue weighted by Gasteiger charge is 2.27. The molecule has 4 N–H and O–H groups in total. The molecule has 0 aliphatic heterocycles. The molecule has 0 saturated carbocycles. The van der Waals surface area contributed by atoms with E-state index in [1.54, 1.807) is 30.3 Å². The van der Waals surface area contributed by atoms with Gasteiger partial charge in [-0.25, -0.2) is 4.79 Å². The standard InChI is InChI=1S/C20H16ClF2N4O3P/c21-16-6-3-12(9-15(16)20(22,23)31)27-19(29)26-11-1-4-13(5-2-11)30-14-7-8-25-17(10-14)18(24)28/h1-10H,31H2,(H2,24,28)(H2,26,27,29). The number of nitrogens with zero attached hydrogens (tertiary/aromatic N) is 1. The molecule has 7 nitrogen and oxygen atoms in total. The zero-order valence-corrected chi connectivity index (χ0v) is 17.6. The number of aromatic nitrogens is 1. The van der Waals surface area contributed by atoms with E-state index in [4.69, 9.17) is 22.1 Å². The number of alkyl halides is 2. The third-order valence-corrected chi connectivity index (χ3v) is 4.56. The number of halogens is 3. The molecule has 0 fully saturated rings. The second-order valence-electron chi connectivity index (χ2n) is 6.26. The maximum Gasteiger partial charge on any atom is 0.323 e. The van der Waals surface area contributed by atoms with Gasteiger partial charge < -0.3 is 21.1 Å². The first-order valence-corrected chi connectivity index (χ1v) is 9.66. The zero-order chi connectivity index (χ0) is 22.6. The summed E-state index contributed by atoms with van der Waals surface area (Å²) in [6.07, 6.45) is 1.39. The van der Waals surface area contributed by atoms with Gasteiger partial charge in [-0.15, -0.1) is 0 Å². The van der Waals surface area contributed by atoms with Crippen LogP contribution in [0.2, 0.25) is 5.02 Å². The van der Waals surface area contributed by atoms with Crippen molar-refractivity contribution < 1.29 is 23.1 Å². The number of pyridine rings is 1. The van der Waals surface area contributed by atoms with Crippen LogP contribution in [0, 0.1) is 0 Å². The minimum Gasteiger partial charge on any atom is -0.457 e. The number of carbonyl (C=O) groups excluding carboxylic acids is 2. The van der Waals surface area contributed by atoms with Gasteiger partial charge in [0.25, 0.3) is 11.6 Å². The summed E-state index contributed by atoms with van der Waals surface area (Å²) < 4.78 is 32.7. The van der Waals surface area contributed by atoms with Crippen LogP contribution in [0.1, 0.15) is 16.1 Å². The van der Waals surface area contributed by atoms with E-state index in [9.17, 15) is 18.4 Å². The molecule has 31 heavy (non-hydrogen) atoms. The van der Waals surface area contributed by atoms with Crippen LogP contribution in [-0.2, 0) is 5.66 Å². The number of hydrogen-bond donors (Lipinski definition) is 3. The molecule has 2 aromatic carbocycles. The molecule has 0 saturated heterocycles. The molecule has 160 valence electrons. The number of benzene rings is 2. The van der Waals surface area contributed by atoms with E-state index in [0.717, 1.165) is 6.07 Å². The summed E-state index contributed by atoms with van der Waals surface area (Å²) in [5, 5.41) is 4.93. The minimum absolute atomic E-state index is 0.0669. The number of anilines is 2. The summed E-state index contributed by atoms with van der Waals surface area (Å²) in [6.45, 7) is 0. The predicted molar refractivity (Wildman–Crippen MR) is 117 cm³/mol. The van der Waals surface area contributed by atoms with E-state index < -0.39 is 23.2 Å². The van der Waals surface area contributed by atoms with Crippen molar-refractivity contribution in [2.45, 2.75) is 5.66 Å². The molecule has 3 rings (SSSR count). The highest BCUT2D eigenvalue weighted by molar-refractivity contribution is 7.17. The number of carbonyl (C=O) groups is 2. The quantitative estimate of drug-likeness (QED) is 0.436. The van der Waals surface area contributed by atoms with Crippen molar-refractivity contribution >= 4 is 44.2 Å². The fraction of sp³-hybridized carbons (Fsp3) is 0.0500. The lowest BCUT2D eigenvalue weighted by molar-refractivity contribution is 0.0994. The van der Waals surface area contributed by atoms with E-state index >= 15 is 0 Å². The summed E-state index contributed by atoms with van der Waals surface area (Å²) in [6, 6.07) is 12.5. The zero-order valence-electron chi connectivity index (χ0n) is 15.7. The molecule has 1 atom stereocenters. The molecule has 1 aromatic heterocycles. The van der Waals surface area contributed by atoms with Gasteiger partial charge in [0.2, 0.25) is 0 Å². The second kappa shape index (κ2) is 9.24. The second-order valence-corrected chi connectivity index (χ2v) is 7.40. The molecule has 3 aromatic rings. The Kier molecular flexibility index (Phi) is 6.68. The summed E-state index contributed by atoms with van der Waals surface area (Å²) in [7, 11) is 1.40. The number of nitrogens with two attached hydrogens (primary N) is 1.